The molecule has 1 amide bonds. The maximum absolute atomic E-state index is 12.4. The summed E-state index contributed by atoms with van der Waals surface area (Å²) in [5.74, 6) is 1.15. The SMILES string of the molecule is COc1ccc(Cn2cc(C(=O)NC3CCCC3CN)cn2)cc1. The molecule has 2 unspecified atom stereocenters. The van der Waals surface area contributed by atoms with E-state index in [0.717, 1.165) is 30.6 Å². The molecule has 1 aromatic carbocycles. The number of nitrogens with zero attached hydrogens (tertiary/aromatic N) is 2. The highest BCUT2D eigenvalue weighted by molar-refractivity contribution is 5.93. The number of nitrogens with two attached hydrogens (primary N) is 1. The van der Waals surface area contributed by atoms with Gasteiger partial charge in [-0.2, -0.15) is 5.10 Å². The van der Waals surface area contributed by atoms with Gasteiger partial charge in [0, 0.05) is 12.2 Å². The Hall–Kier alpha value is -2.34. The molecule has 0 saturated heterocycles. The number of carbonyl (C=O) groups is 1. The Morgan fingerprint density at radius 3 is 2.88 bits per heavy atom. The van der Waals surface area contributed by atoms with Gasteiger partial charge >= 0.3 is 0 Å². The normalized spacial score (nSPS) is 20.1. The van der Waals surface area contributed by atoms with E-state index in [-0.39, 0.29) is 11.9 Å². The lowest BCUT2D eigenvalue weighted by molar-refractivity contribution is 0.0928. The zero-order valence-electron chi connectivity index (χ0n) is 13.9. The van der Waals surface area contributed by atoms with Crippen LogP contribution in [0.1, 0.15) is 35.2 Å². The van der Waals surface area contributed by atoms with Crippen LogP contribution in [0, 0.1) is 5.92 Å². The summed E-state index contributed by atoms with van der Waals surface area (Å²) in [6.07, 6.45) is 6.63. The molecule has 0 spiro atoms. The van der Waals surface area contributed by atoms with Gasteiger partial charge in [0.15, 0.2) is 0 Å². The van der Waals surface area contributed by atoms with Gasteiger partial charge in [-0.15, -0.1) is 0 Å². The minimum Gasteiger partial charge on any atom is -0.497 e. The van der Waals surface area contributed by atoms with Gasteiger partial charge in [0.05, 0.1) is 25.4 Å². The second-order valence-corrected chi connectivity index (χ2v) is 6.28. The van der Waals surface area contributed by atoms with Gasteiger partial charge in [-0.3, -0.25) is 9.48 Å². The average Bonchev–Trinajstić information content (AvgIpc) is 3.24. The molecule has 128 valence electrons. The number of hydrogen-bond donors (Lipinski definition) is 2. The van der Waals surface area contributed by atoms with Crippen molar-refractivity contribution < 1.29 is 9.53 Å². The van der Waals surface area contributed by atoms with Crippen molar-refractivity contribution in [3.8, 4) is 5.75 Å². The van der Waals surface area contributed by atoms with E-state index in [9.17, 15) is 4.79 Å². The van der Waals surface area contributed by atoms with Gasteiger partial charge in [-0.05, 0) is 43.0 Å². The summed E-state index contributed by atoms with van der Waals surface area (Å²) < 4.78 is 6.92. The molecule has 3 rings (SSSR count). The highest BCUT2D eigenvalue weighted by atomic mass is 16.5. The van der Waals surface area contributed by atoms with Gasteiger partial charge in [-0.25, -0.2) is 0 Å². The van der Waals surface area contributed by atoms with E-state index >= 15 is 0 Å². The Balaban J connectivity index is 1.60. The van der Waals surface area contributed by atoms with Crippen LogP contribution < -0.4 is 15.8 Å². The largest absolute Gasteiger partial charge is 0.497 e. The first-order chi connectivity index (χ1) is 11.7. The van der Waals surface area contributed by atoms with Crippen LogP contribution in [0.25, 0.3) is 0 Å². The molecule has 1 aliphatic rings. The first-order valence-electron chi connectivity index (χ1n) is 8.36. The number of ether oxygens (including phenoxy) is 1. The van der Waals surface area contributed by atoms with Gasteiger partial charge in [0.25, 0.3) is 5.91 Å². The molecule has 6 nitrogen and oxygen atoms in total. The molecule has 1 fully saturated rings. The van der Waals surface area contributed by atoms with Crippen molar-refractivity contribution in [1.29, 1.82) is 0 Å². The second kappa shape index (κ2) is 7.49. The molecule has 1 saturated carbocycles. The predicted molar refractivity (Wildman–Crippen MR) is 92.0 cm³/mol. The third-order valence-electron chi connectivity index (χ3n) is 4.68. The van der Waals surface area contributed by atoms with Crippen molar-refractivity contribution in [3.63, 3.8) is 0 Å². The number of hydrogen-bond acceptors (Lipinski definition) is 4. The van der Waals surface area contributed by atoms with E-state index in [2.05, 4.69) is 10.4 Å². The fraction of sp³-hybridized carbons (Fsp3) is 0.444. The van der Waals surface area contributed by atoms with Crippen molar-refractivity contribution in [2.45, 2.75) is 31.8 Å². The second-order valence-electron chi connectivity index (χ2n) is 6.28. The Kier molecular flexibility index (Phi) is 5.15. The van der Waals surface area contributed by atoms with Crippen molar-refractivity contribution >= 4 is 5.91 Å². The highest BCUT2D eigenvalue weighted by Crippen LogP contribution is 2.24. The van der Waals surface area contributed by atoms with Crippen molar-refractivity contribution in [1.82, 2.24) is 15.1 Å². The molecule has 6 heteroatoms. The molecule has 2 atom stereocenters. The number of aromatic nitrogens is 2. The molecule has 1 aromatic heterocycles. The summed E-state index contributed by atoms with van der Waals surface area (Å²) in [6.45, 7) is 1.24. The lowest BCUT2D eigenvalue weighted by Gasteiger charge is -2.18. The van der Waals surface area contributed by atoms with Crippen molar-refractivity contribution in [2.24, 2.45) is 11.7 Å². The zero-order chi connectivity index (χ0) is 16.9. The van der Waals surface area contributed by atoms with Crippen LogP contribution in [0.5, 0.6) is 5.75 Å². The Morgan fingerprint density at radius 2 is 2.17 bits per heavy atom. The van der Waals surface area contributed by atoms with E-state index < -0.39 is 0 Å². The summed E-state index contributed by atoms with van der Waals surface area (Å²) in [6, 6.07) is 8.00. The van der Waals surface area contributed by atoms with Crippen molar-refractivity contribution in [3.05, 3.63) is 47.8 Å². The fourth-order valence-corrected chi connectivity index (χ4v) is 3.25. The maximum Gasteiger partial charge on any atom is 0.254 e. The van der Waals surface area contributed by atoms with Gasteiger partial charge in [-0.1, -0.05) is 18.6 Å². The van der Waals surface area contributed by atoms with Crippen LogP contribution in [0.15, 0.2) is 36.7 Å². The minimum absolute atomic E-state index is 0.0682. The van der Waals surface area contributed by atoms with Gasteiger partial charge in [0.1, 0.15) is 5.75 Å². The smallest absolute Gasteiger partial charge is 0.254 e. The topological polar surface area (TPSA) is 82.2 Å². The van der Waals surface area contributed by atoms with E-state index in [0.29, 0.717) is 24.6 Å². The van der Waals surface area contributed by atoms with Crippen LogP contribution in [-0.2, 0) is 6.54 Å². The molecule has 2 aromatic rings. The zero-order valence-corrected chi connectivity index (χ0v) is 13.9. The van der Waals surface area contributed by atoms with Gasteiger partial charge < -0.3 is 15.8 Å². The summed E-state index contributed by atoms with van der Waals surface area (Å²) in [5, 5.41) is 7.39. The molecule has 0 aliphatic heterocycles. The van der Waals surface area contributed by atoms with Crippen LogP contribution >= 0.6 is 0 Å². The molecular formula is C18H24N4O2. The van der Waals surface area contributed by atoms with Crippen LogP contribution in [0.2, 0.25) is 0 Å². The lowest BCUT2D eigenvalue weighted by Crippen LogP contribution is -2.39. The summed E-state index contributed by atoms with van der Waals surface area (Å²) in [4.78, 5) is 12.4. The van der Waals surface area contributed by atoms with Crippen LogP contribution in [-0.4, -0.2) is 35.4 Å². The first-order valence-corrected chi connectivity index (χ1v) is 8.36. The van der Waals surface area contributed by atoms with Crippen LogP contribution in [0.3, 0.4) is 0 Å². The minimum atomic E-state index is -0.0682. The third kappa shape index (κ3) is 3.76. The molecule has 0 bridgehead atoms. The molecule has 1 heterocycles. The Bertz CT molecular complexity index is 681. The molecule has 24 heavy (non-hydrogen) atoms. The van der Waals surface area contributed by atoms with Crippen LogP contribution in [0.4, 0.5) is 0 Å². The highest BCUT2D eigenvalue weighted by Gasteiger charge is 2.27. The Labute approximate surface area is 142 Å². The number of benzene rings is 1. The molecule has 3 N–H and O–H groups in total. The summed E-state index contributed by atoms with van der Waals surface area (Å²) in [5.41, 5.74) is 7.46. The number of rotatable bonds is 6. The monoisotopic (exact) mass is 328 g/mol. The Morgan fingerprint density at radius 1 is 1.38 bits per heavy atom. The predicted octanol–water partition coefficient (Wildman–Crippen LogP) is 1.80. The molecular weight excluding hydrogens is 304 g/mol. The number of amides is 1. The van der Waals surface area contributed by atoms with E-state index in [1.54, 1.807) is 24.2 Å². The standard InChI is InChI=1S/C18H24N4O2/c1-24-16-7-5-13(6-8-16)11-22-12-15(10-20-22)18(23)21-17-4-2-3-14(17)9-19/h5-8,10,12,14,17H,2-4,9,11,19H2,1H3,(H,21,23). The third-order valence-corrected chi connectivity index (χ3v) is 4.68. The average molecular weight is 328 g/mol. The van der Waals surface area contributed by atoms with Gasteiger partial charge in [0.2, 0.25) is 0 Å². The van der Waals surface area contributed by atoms with E-state index in [1.165, 1.54) is 0 Å². The summed E-state index contributed by atoms with van der Waals surface area (Å²) in [7, 11) is 1.65. The number of nitrogens with one attached hydrogen (secondary N) is 1. The summed E-state index contributed by atoms with van der Waals surface area (Å²) >= 11 is 0. The number of carbonyl (C=O) groups excluding carboxylic acids is 1. The molecule has 0 radical (unpaired) electrons. The first kappa shape index (κ1) is 16.5. The van der Waals surface area contributed by atoms with E-state index in [4.69, 9.17) is 10.5 Å². The maximum atomic E-state index is 12.4. The fourth-order valence-electron chi connectivity index (χ4n) is 3.25. The molecule has 1 aliphatic carbocycles. The number of methoxy groups -OCH3 is 1. The van der Waals surface area contributed by atoms with E-state index in [1.807, 2.05) is 24.3 Å². The quantitative estimate of drug-likeness (QED) is 0.847. The lowest BCUT2D eigenvalue weighted by atomic mass is 10.0. The van der Waals surface area contributed by atoms with Crippen molar-refractivity contribution in [2.75, 3.05) is 13.7 Å².